The number of oxazole rings is 1. The fraction of sp³-hybridized carbons (Fsp3) is 0.364. The van der Waals surface area contributed by atoms with E-state index in [4.69, 9.17) is 4.42 Å². The quantitative estimate of drug-likeness (QED) is 0.575. The molecule has 0 aliphatic rings. The number of carbonyl (C=O) groups is 1. The number of hydrogen-bond acceptors (Lipinski definition) is 4. The van der Waals surface area contributed by atoms with Crippen LogP contribution in [0.5, 0.6) is 0 Å². The van der Waals surface area contributed by atoms with Crippen molar-refractivity contribution in [1.82, 2.24) is 4.98 Å². The van der Waals surface area contributed by atoms with Crippen molar-refractivity contribution < 1.29 is 9.21 Å². The maximum atomic E-state index is 11.9. The van der Waals surface area contributed by atoms with Crippen molar-refractivity contribution in [1.29, 1.82) is 0 Å². The first-order chi connectivity index (χ1) is 13.1. The van der Waals surface area contributed by atoms with E-state index < -0.39 is 0 Å². The van der Waals surface area contributed by atoms with E-state index >= 15 is 0 Å². The van der Waals surface area contributed by atoms with Crippen LogP contribution in [0.4, 0.5) is 11.4 Å². The van der Waals surface area contributed by atoms with E-state index in [1.165, 1.54) is 5.69 Å². The molecule has 0 unspecified atom stereocenters. The average molecular weight is 365 g/mol. The topological polar surface area (TPSA) is 58.4 Å². The van der Waals surface area contributed by atoms with Crippen LogP contribution in [0.25, 0.3) is 22.6 Å². The van der Waals surface area contributed by atoms with Crippen LogP contribution in [-0.2, 0) is 4.79 Å². The maximum Gasteiger partial charge on any atom is 0.227 e. The number of nitrogens with zero attached hydrogens (tertiary/aromatic N) is 2. The van der Waals surface area contributed by atoms with Crippen molar-refractivity contribution in [2.24, 2.45) is 0 Å². The highest BCUT2D eigenvalue weighted by atomic mass is 16.3. The van der Waals surface area contributed by atoms with Gasteiger partial charge in [-0.25, -0.2) is 4.98 Å². The predicted molar refractivity (Wildman–Crippen MR) is 111 cm³/mol. The molecule has 0 saturated heterocycles. The SMILES string of the molecule is CCCCC(=O)Nc1ccc2oc(-c3ccc(N(CC)CC)cc3)nc2c1. The van der Waals surface area contributed by atoms with Gasteiger partial charge >= 0.3 is 0 Å². The van der Waals surface area contributed by atoms with Gasteiger partial charge in [-0.2, -0.15) is 0 Å². The number of fused-ring (bicyclic) bond motifs is 1. The van der Waals surface area contributed by atoms with Gasteiger partial charge in [-0.15, -0.1) is 0 Å². The summed E-state index contributed by atoms with van der Waals surface area (Å²) in [7, 11) is 0. The minimum Gasteiger partial charge on any atom is -0.436 e. The van der Waals surface area contributed by atoms with Gasteiger partial charge in [0.25, 0.3) is 0 Å². The van der Waals surface area contributed by atoms with Crippen LogP contribution < -0.4 is 10.2 Å². The zero-order valence-corrected chi connectivity index (χ0v) is 16.3. The lowest BCUT2D eigenvalue weighted by molar-refractivity contribution is -0.116. The fourth-order valence-corrected chi connectivity index (χ4v) is 3.09. The largest absolute Gasteiger partial charge is 0.436 e. The van der Waals surface area contributed by atoms with Crippen molar-refractivity contribution in [3.8, 4) is 11.5 Å². The normalized spacial score (nSPS) is 10.9. The average Bonchev–Trinajstić information content (AvgIpc) is 3.11. The van der Waals surface area contributed by atoms with Crippen LogP contribution in [0.15, 0.2) is 46.9 Å². The smallest absolute Gasteiger partial charge is 0.227 e. The highest BCUT2D eigenvalue weighted by Gasteiger charge is 2.11. The highest BCUT2D eigenvalue weighted by Crippen LogP contribution is 2.28. The molecule has 1 amide bonds. The molecule has 3 aromatic rings. The number of carbonyl (C=O) groups excluding carboxylic acids is 1. The third-order valence-electron chi connectivity index (χ3n) is 4.67. The van der Waals surface area contributed by atoms with Gasteiger partial charge in [0.2, 0.25) is 11.8 Å². The van der Waals surface area contributed by atoms with Gasteiger partial charge in [0, 0.05) is 36.4 Å². The molecule has 0 bridgehead atoms. The molecule has 142 valence electrons. The second-order valence-electron chi connectivity index (χ2n) is 6.57. The van der Waals surface area contributed by atoms with Gasteiger partial charge in [0.15, 0.2) is 5.58 Å². The number of benzene rings is 2. The Bertz CT molecular complexity index is 896. The molecule has 1 aromatic heterocycles. The summed E-state index contributed by atoms with van der Waals surface area (Å²) in [5.41, 5.74) is 4.34. The summed E-state index contributed by atoms with van der Waals surface area (Å²) in [6.07, 6.45) is 2.44. The standard InChI is InChI=1S/C22H27N3O2/c1-4-7-8-21(26)23-17-11-14-20-19(15-17)24-22(27-20)16-9-12-18(13-10-16)25(5-2)6-3/h9-15H,4-8H2,1-3H3,(H,23,26). The Morgan fingerprint density at radius 2 is 1.81 bits per heavy atom. The van der Waals surface area contributed by atoms with E-state index in [9.17, 15) is 4.79 Å². The predicted octanol–water partition coefficient (Wildman–Crippen LogP) is 5.47. The molecule has 1 heterocycles. The Hall–Kier alpha value is -2.82. The van der Waals surface area contributed by atoms with Crippen LogP contribution in [0.3, 0.4) is 0 Å². The fourth-order valence-electron chi connectivity index (χ4n) is 3.09. The third-order valence-corrected chi connectivity index (χ3v) is 4.67. The molecule has 3 rings (SSSR count). The molecule has 0 spiro atoms. The molecule has 2 aromatic carbocycles. The third kappa shape index (κ3) is 4.48. The number of unbranched alkanes of at least 4 members (excludes halogenated alkanes) is 1. The van der Waals surface area contributed by atoms with Crippen LogP contribution in [0.1, 0.15) is 40.0 Å². The molecule has 27 heavy (non-hydrogen) atoms. The molecular weight excluding hydrogens is 338 g/mol. The number of aromatic nitrogens is 1. The van der Waals surface area contributed by atoms with Crippen molar-refractivity contribution in [2.45, 2.75) is 40.0 Å². The summed E-state index contributed by atoms with van der Waals surface area (Å²) in [6.45, 7) is 8.33. The molecular formula is C22H27N3O2. The Morgan fingerprint density at radius 1 is 1.07 bits per heavy atom. The second kappa shape index (κ2) is 8.71. The molecule has 0 aliphatic carbocycles. The van der Waals surface area contributed by atoms with E-state index in [1.54, 1.807) is 0 Å². The summed E-state index contributed by atoms with van der Waals surface area (Å²) in [5.74, 6) is 0.623. The second-order valence-corrected chi connectivity index (χ2v) is 6.57. The van der Waals surface area contributed by atoms with E-state index in [1.807, 2.05) is 30.3 Å². The summed E-state index contributed by atoms with van der Waals surface area (Å²) in [5, 5.41) is 2.92. The molecule has 0 saturated carbocycles. The molecule has 1 N–H and O–H groups in total. The van der Waals surface area contributed by atoms with E-state index in [2.05, 4.69) is 48.1 Å². The minimum atomic E-state index is 0.0342. The highest BCUT2D eigenvalue weighted by molar-refractivity contribution is 5.93. The van der Waals surface area contributed by atoms with Crippen molar-refractivity contribution in [3.63, 3.8) is 0 Å². The Labute approximate surface area is 160 Å². The number of amides is 1. The summed E-state index contributed by atoms with van der Waals surface area (Å²) in [6, 6.07) is 13.8. The minimum absolute atomic E-state index is 0.0342. The molecule has 5 nitrogen and oxygen atoms in total. The number of nitrogens with one attached hydrogen (secondary N) is 1. The Morgan fingerprint density at radius 3 is 2.48 bits per heavy atom. The molecule has 0 fully saturated rings. The van der Waals surface area contributed by atoms with Gasteiger partial charge in [-0.3, -0.25) is 4.79 Å². The van der Waals surface area contributed by atoms with Gasteiger partial charge in [-0.1, -0.05) is 13.3 Å². The molecule has 0 atom stereocenters. The van der Waals surface area contributed by atoms with E-state index in [0.29, 0.717) is 17.9 Å². The monoisotopic (exact) mass is 365 g/mol. The van der Waals surface area contributed by atoms with Gasteiger partial charge in [-0.05, 0) is 62.7 Å². The van der Waals surface area contributed by atoms with Gasteiger partial charge < -0.3 is 14.6 Å². The lowest BCUT2D eigenvalue weighted by Crippen LogP contribution is -2.21. The van der Waals surface area contributed by atoms with Crippen molar-refractivity contribution in [3.05, 3.63) is 42.5 Å². The molecule has 0 aliphatic heterocycles. The summed E-state index contributed by atoms with van der Waals surface area (Å²) < 4.78 is 5.89. The maximum absolute atomic E-state index is 11.9. The molecule has 5 heteroatoms. The number of anilines is 2. The Balaban J connectivity index is 1.79. The van der Waals surface area contributed by atoms with Crippen LogP contribution in [0.2, 0.25) is 0 Å². The number of rotatable bonds is 8. The van der Waals surface area contributed by atoms with E-state index in [0.717, 1.165) is 42.7 Å². The zero-order chi connectivity index (χ0) is 19.2. The lowest BCUT2D eigenvalue weighted by Gasteiger charge is -2.20. The number of hydrogen-bond donors (Lipinski definition) is 1. The lowest BCUT2D eigenvalue weighted by atomic mass is 10.2. The first-order valence-corrected chi connectivity index (χ1v) is 9.70. The van der Waals surface area contributed by atoms with Crippen molar-refractivity contribution >= 4 is 28.4 Å². The van der Waals surface area contributed by atoms with Crippen molar-refractivity contribution in [2.75, 3.05) is 23.3 Å². The zero-order valence-electron chi connectivity index (χ0n) is 16.3. The summed E-state index contributed by atoms with van der Waals surface area (Å²) >= 11 is 0. The first kappa shape index (κ1) is 19.0. The van der Waals surface area contributed by atoms with E-state index in [-0.39, 0.29) is 5.91 Å². The van der Waals surface area contributed by atoms with Crippen LogP contribution >= 0.6 is 0 Å². The van der Waals surface area contributed by atoms with Gasteiger partial charge in [0.05, 0.1) is 0 Å². The summed E-state index contributed by atoms with van der Waals surface area (Å²) in [4.78, 5) is 18.8. The Kier molecular flexibility index (Phi) is 6.12. The van der Waals surface area contributed by atoms with Gasteiger partial charge in [0.1, 0.15) is 5.52 Å². The van der Waals surface area contributed by atoms with Crippen LogP contribution in [-0.4, -0.2) is 24.0 Å². The molecule has 0 radical (unpaired) electrons. The van der Waals surface area contributed by atoms with Crippen LogP contribution in [0, 0.1) is 0 Å². The first-order valence-electron chi connectivity index (χ1n) is 9.70.